The average Bonchev–Trinajstić information content (AvgIpc) is 3.28. The van der Waals surface area contributed by atoms with Crippen molar-refractivity contribution in [3.63, 3.8) is 0 Å². The fourth-order valence-corrected chi connectivity index (χ4v) is 2.91. The molecule has 138 valence electrons. The number of pyridine rings is 1. The van der Waals surface area contributed by atoms with Crippen LogP contribution in [0.25, 0.3) is 22.4 Å². The van der Waals surface area contributed by atoms with Crippen LogP contribution in [-0.4, -0.2) is 16.1 Å². The number of amides is 1. The van der Waals surface area contributed by atoms with Crippen LogP contribution >= 0.6 is 0 Å². The first-order valence-corrected chi connectivity index (χ1v) is 8.97. The van der Waals surface area contributed by atoms with Gasteiger partial charge in [0.2, 0.25) is 0 Å². The summed E-state index contributed by atoms with van der Waals surface area (Å²) in [6, 6.07) is 23.1. The van der Waals surface area contributed by atoms with E-state index in [0.29, 0.717) is 12.3 Å². The largest absolute Gasteiger partial charge is 0.412 e. The van der Waals surface area contributed by atoms with Gasteiger partial charge in [0.1, 0.15) is 5.75 Å². The van der Waals surface area contributed by atoms with Gasteiger partial charge >= 0.3 is 6.09 Å². The van der Waals surface area contributed by atoms with Crippen LogP contribution in [-0.2, 0) is 6.54 Å². The molecule has 5 heteroatoms. The Morgan fingerprint density at radius 3 is 2.57 bits per heavy atom. The molecule has 0 saturated carbocycles. The first kappa shape index (κ1) is 17.5. The zero-order chi connectivity index (χ0) is 19.2. The maximum absolute atomic E-state index is 12.1. The van der Waals surface area contributed by atoms with Gasteiger partial charge in [0.25, 0.3) is 0 Å². The zero-order valence-electron chi connectivity index (χ0n) is 15.1. The fraction of sp³-hybridized carbons (Fsp3) is 0.0435. The summed E-state index contributed by atoms with van der Waals surface area (Å²) in [5, 5.41) is 2.76. The normalized spacial score (nSPS) is 10.4. The van der Waals surface area contributed by atoms with Crippen molar-refractivity contribution in [3.05, 3.63) is 97.0 Å². The van der Waals surface area contributed by atoms with Crippen LogP contribution in [0.1, 0.15) is 5.56 Å². The number of nitrogens with one attached hydrogen (secondary N) is 2. The first-order valence-electron chi connectivity index (χ1n) is 8.97. The van der Waals surface area contributed by atoms with Crippen LogP contribution in [0.5, 0.6) is 5.75 Å². The summed E-state index contributed by atoms with van der Waals surface area (Å²) < 4.78 is 5.42. The van der Waals surface area contributed by atoms with Gasteiger partial charge in [-0.3, -0.25) is 4.98 Å². The third kappa shape index (κ3) is 4.27. The summed E-state index contributed by atoms with van der Waals surface area (Å²) in [5.41, 5.74) is 4.88. The summed E-state index contributed by atoms with van der Waals surface area (Å²) >= 11 is 0. The number of carbonyl (C=O) groups is 1. The van der Waals surface area contributed by atoms with Crippen molar-refractivity contribution in [2.45, 2.75) is 6.54 Å². The van der Waals surface area contributed by atoms with Crippen molar-refractivity contribution in [2.24, 2.45) is 0 Å². The van der Waals surface area contributed by atoms with E-state index in [0.717, 1.165) is 27.9 Å². The molecule has 5 nitrogen and oxygen atoms in total. The minimum atomic E-state index is -0.487. The van der Waals surface area contributed by atoms with Gasteiger partial charge in [-0.15, -0.1) is 0 Å². The van der Waals surface area contributed by atoms with Gasteiger partial charge in [-0.2, -0.15) is 0 Å². The number of hydrogen-bond acceptors (Lipinski definition) is 3. The summed E-state index contributed by atoms with van der Waals surface area (Å²) in [4.78, 5) is 19.6. The predicted molar refractivity (Wildman–Crippen MR) is 109 cm³/mol. The van der Waals surface area contributed by atoms with E-state index in [-0.39, 0.29) is 0 Å². The van der Waals surface area contributed by atoms with E-state index in [9.17, 15) is 4.79 Å². The maximum Gasteiger partial charge on any atom is 0.412 e. The second-order valence-electron chi connectivity index (χ2n) is 6.30. The number of aromatic amines is 1. The van der Waals surface area contributed by atoms with E-state index < -0.39 is 6.09 Å². The van der Waals surface area contributed by atoms with E-state index in [2.05, 4.69) is 15.3 Å². The van der Waals surface area contributed by atoms with Gasteiger partial charge in [0.15, 0.2) is 0 Å². The van der Waals surface area contributed by atoms with Crippen LogP contribution in [0.2, 0.25) is 0 Å². The highest BCUT2D eigenvalue weighted by Gasteiger charge is 2.07. The first-order chi connectivity index (χ1) is 13.8. The fourth-order valence-electron chi connectivity index (χ4n) is 2.91. The van der Waals surface area contributed by atoms with Crippen LogP contribution in [0.3, 0.4) is 0 Å². The van der Waals surface area contributed by atoms with Gasteiger partial charge in [0.05, 0.1) is 0 Å². The van der Waals surface area contributed by atoms with Gasteiger partial charge in [0, 0.05) is 42.0 Å². The molecule has 2 aromatic heterocycles. The number of ether oxygens (including phenoxy) is 1. The second kappa shape index (κ2) is 8.22. The lowest BCUT2D eigenvalue weighted by Crippen LogP contribution is -2.26. The molecule has 0 radical (unpaired) electrons. The molecule has 4 rings (SSSR count). The number of aromatic nitrogens is 2. The minimum absolute atomic E-state index is 0.418. The van der Waals surface area contributed by atoms with Gasteiger partial charge in [-0.05, 0) is 41.5 Å². The van der Waals surface area contributed by atoms with E-state index in [1.165, 1.54) is 0 Å². The van der Waals surface area contributed by atoms with Crippen molar-refractivity contribution < 1.29 is 9.53 Å². The lowest BCUT2D eigenvalue weighted by Gasteiger charge is -2.09. The predicted octanol–water partition coefficient (Wildman–Crippen LogP) is 5.03. The third-order valence-corrected chi connectivity index (χ3v) is 4.30. The standard InChI is InChI=1S/C23H19N3O2/c27-23(26-14-17-6-2-1-3-7-17)28-21-9-4-8-18(13-21)19-12-20(16-24-15-19)22-10-5-11-25-22/h1-13,15-16,25H,14H2,(H,26,27). The van der Waals surface area contributed by atoms with Crippen molar-refractivity contribution in [1.29, 1.82) is 0 Å². The smallest absolute Gasteiger partial charge is 0.410 e. The Labute approximate surface area is 163 Å². The number of rotatable bonds is 5. The molecule has 2 N–H and O–H groups in total. The molecule has 0 bridgehead atoms. The van der Waals surface area contributed by atoms with Crippen LogP contribution in [0.15, 0.2) is 91.4 Å². The summed E-state index contributed by atoms with van der Waals surface area (Å²) in [6.45, 7) is 0.418. The number of hydrogen-bond donors (Lipinski definition) is 2. The molecule has 0 atom stereocenters. The molecule has 1 amide bonds. The summed E-state index contributed by atoms with van der Waals surface area (Å²) in [7, 11) is 0. The van der Waals surface area contributed by atoms with Gasteiger partial charge in [-0.1, -0.05) is 42.5 Å². The molecule has 0 aliphatic rings. The Bertz CT molecular complexity index is 1060. The highest BCUT2D eigenvalue weighted by Crippen LogP contribution is 2.27. The van der Waals surface area contributed by atoms with Crippen molar-refractivity contribution in [1.82, 2.24) is 15.3 Å². The van der Waals surface area contributed by atoms with E-state index in [1.54, 1.807) is 12.3 Å². The number of benzene rings is 2. The number of nitrogens with zero attached hydrogens (tertiary/aromatic N) is 1. The van der Waals surface area contributed by atoms with Crippen LogP contribution in [0, 0.1) is 0 Å². The molecule has 0 aliphatic carbocycles. The monoisotopic (exact) mass is 369 g/mol. The Balaban J connectivity index is 1.46. The Morgan fingerprint density at radius 1 is 0.893 bits per heavy atom. The minimum Gasteiger partial charge on any atom is -0.410 e. The zero-order valence-corrected chi connectivity index (χ0v) is 15.1. The highest BCUT2D eigenvalue weighted by molar-refractivity contribution is 5.73. The van der Waals surface area contributed by atoms with E-state index in [4.69, 9.17) is 4.74 Å². The van der Waals surface area contributed by atoms with Crippen molar-refractivity contribution in [3.8, 4) is 28.1 Å². The maximum atomic E-state index is 12.1. The SMILES string of the molecule is O=C(NCc1ccccc1)Oc1cccc(-c2cncc(-c3ccc[nH]3)c2)c1. The van der Waals surface area contributed by atoms with Gasteiger partial charge in [-0.25, -0.2) is 4.79 Å². The number of H-pyrrole nitrogens is 1. The Kier molecular flexibility index (Phi) is 5.15. The van der Waals surface area contributed by atoms with Gasteiger partial charge < -0.3 is 15.0 Å². The molecule has 2 aromatic carbocycles. The average molecular weight is 369 g/mol. The van der Waals surface area contributed by atoms with Crippen LogP contribution in [0.4, 0.5) is 4.79 Å². The molecule has 0 fully saturated rings. The highest BCUT2D eigenvalue weighted by atomic mass is 16.6. The molecular weight excluding hydrogens is 350 g/mol. The molecule has 0 aliphatic heterocycles. The molecule has 4 aromatic rings. The summed E-state index contributed by atoms with van der Waals surface area (Å²) in [6.07, 6.45) is 5.00. The lowest BCUT2D eigenvalue weighted by molar-refractivity contribution is 0.200. The van der Waals surface area contributed by atoms with Crippen LogP contribution < -0.4 is 10.1 Å². The van der Waals surface area contributed by atoms with Crippen molar-refractivity contribution in [2.75, 3.05) is 0 Å². The van der Waals surface area contributed by atoms with Crippen molar-refractivity contribution >= 4 is 6.09 Å². The lowest BCUT2D eigenvalue weighted by atomic mass is 10.0. The third-order valence-electron chi connectivity index (χ3n) is 4.30. The molecule has 0 spiro atoms. The molecular formula is C23H19N3O2. The summed E-state index contributed by atoms with van der Waals surface area (Å²) in [5.74, 6) is 0.480. The Hall–Kier alpha value is -3.86. The Morgan fingerprint density at radius 2 is 1.75 bits per heavy atom. The van der Waals surface area contributed by atoms with E-state index in [1.807, 2.05) is 79.1 Å². The second-order valence-corrected chi connectivity index (χ2v) is 6.30. The topological polar surface area (TPSA) is 67.0 Å². The number of carbonyl (C=O) groups excluding carboxylic acids is 1. The molecule has 0 unspecified atom stereocenters. The molecule has 28 heavy (non-hydrogen) atoms. The molecule has 2 heterocycles. The molecule has 0 saturated heterocycles. The van der Waals surface area contributed by atoms with E-state index >= 15 is 0 Å². The quantitative estimate of drug-likeness (QED) is 0.518.